The summed E-state index contributed by atoms with van der Waals surface area (Å²) in [5, 5.41) is 2.78. The zero-order chi connectivity index (χ0) is 18.4. The van der Waals surface area contributed by atoms with Crippen molar-refractivity contribution < 1.29 is 14.3 Å². The van der Waals surface area contributed by atoms with Crippen LogP contribution in [0.15, 0.2) is 54.6 Å². The first kappa shape index (κ1) is 18.3. The van der Waals surface area contributed by atoms with Crippen molar-refractivity contribution in [2.45, 2.75) is 32.0 Å². The Labute approximate surface area is 154 Å². The lowest BCUT2D eigenvalue weighted by atomic mass is 10.1. The van der Waals surface area contributed by atoms with Gasteiger partial charge >= 0.3 is 0 Å². The van der Waals surface area contributed by atoms with Gasteiger partial charge in [-0.3, -0.25) is 9.69 Å². The van der Waals surface area contributed by atoms with Crippen molar-refractivity contribution in [3.05, 3.63) is 60.2 Å². The molecule has 0 saturated carbocycles. The van der Waals surface area contributed by atoms with Crippen LogP contribution in [-0.4, -0.2) is 43.2 Å². The maximum atomic E-state index is 12.3. The molecule has 1 aliphatic heterocycles. The van der Waals surface area contributed by atoms with E-state index in [2.05, 4.69) is 16.3 Å². The molecule has 1 aliphatic rings. The Hall–Kier alpha value is -2.53. The van der Waals surface area contributed by atoms with Gasteiger partial charge in [-0.05, 0) is 36.8 Å². The molecule has 1 amide bonds. The molecule has 1 fully saturated rings. The number of amides is 1. The first-order chi connectivity index (χ1) is 12.7. The second-order valence-corrected chi connectivity index (χ2v) is 6.43. The van der Waals surface area contributed by atoms with Crippen LogP contribution in [0, 0.1) is 0 Å². The molecule has 1 saturated heterocycles. The molecule has 0 bridgehead atoms. The normalized spacial score (nSPS) is 19.9. The maximum absolute atomic E-state index is 12.3. The summed E-state index contributed by atoms with van der Waals surface area (Å²) < 4.78 is 11.7. The largest absolute Gasteiger partial charge is 0.494 e. The van der Waals surface area contributed by atoms with Gasteiger partial charge in [0.05, 0.1) is 12.6 Å². The topological polar surface area (TPSA) is 50.8 Å². The molecule has 0 aromatic heterocycles. The lowest BCUT2D eigenvalue weighted by Crippen LogP contribution is -2.41. The van der Waals surface area contributed by atoms with Crippen LogP contribution in [-0.2, 0) is 11.3 Å². The summed E-state index contributed by atoms with van der Waals surface area (Å²) in [5.74, 6) is 1.73. The van der Waals surface area contributed by atoms with E-state index in [0.29, 0.717) is 26.1 Å². The van der Waals surface area contributed by atoms with E-state index >= 15 is 0 Å². The second-order valence-electron chi connectivity index (χ2n) is 6.43. The number of hydrogen-bond donors (Lipinski definition) is 1. The fraction of sp³-hybridized carbons (Fsp3) is 0.381. The number of hydrogen-bond acceptors (Lipinski definition) is 4. The molecule has 5 heteroatoms. The number of carbonyl (C=O) groups is 1. The van der Waals surface area contributed by atoms with E-state index in [0.717, 1.165) is 17.1 Å². The van der Waals surface area contributed by atoms with E-state index in [-0.39, 0.29) is 18.1 Å². The molecule has 1 heterocycles. The Morgan fingerprint density at radius 2 is 1.92 bits per heavy atom. The molecule has 2 atom stereocenters. The number of ether oxygens (including phenoxy) is 2. The average Bonchev–Trinajstić information content (AvgIpc) is 3.04. The first-order valence-electron chi connectivity index (χ1n) is 9.08. The highest BCUT2D eigenvalue weighted by atomic mass is 16.5. The number of para-hydroxylation sites is 1. The minimum atomic E-state index is -0.190. The van der Waals surface area contributed by atoms with Crippen molar-refractivity contribution in [2.75, 3.05) is 20.2 Å². The molecule has 0 aliphatic carbocycles. The Bertz CT molecular complexity index is 720. The molecule has 138 valence electrons. The van der Waals surface area contributed by atoms with Gasteiger partial charge in [-0.15, -0.1) is 0 Å². The molecule has 2 aromatic carbocycles. The second kappa shape index (κ2) is 8.72. The Morgan fingerprint density at radius 3 is 2.65 bits per heavy atom. The average molecular weight is 354 g/mol. The van der Waals surface area contributed by atoms with Crippen molar-refractivity contribution in [2.24, 2.45) is 0 Å². The number of carbonyl (C=O) groups excluding carboxylic acids is 1. The third kappa shape index (κ3) is 4.55. The van der Waals surface area contributed by atoms with Gasteiger partial charge in [0.25, 0.3) is 0 Å². The highest BCUT2D eigenvalue weighted by molar-refractivity contribution is 5.81. The van der Waals surface area contributed by atoms with Crippen LogP contribution in [0.2, 0.25) is 0 Å². The number of likely N-dealkylation sites (N-methyl/N-ethyl adjacent to an activating group) is 1. The van der Waals surface area contributed by atoms with Crippen molar-refractivity contribution in [3.63, 3.8) is 0 Å². The summed E-state index contributed by atoms with van der Waals surface area (Å²) in [5.41, 5.74) is 1.13. The first-order valence-corrected chi connectivity index (χ1v) is 9.08. The Kier molecular flexibility index (Phi) is 6.12. The van der Waals surface area contributed by atoms with Gasteiger partial charge in [0.15, 0.2) is 0 Å². The molecule has 2 aromatic rings. The van der Waals surface area contributed by atoms with Crippen molar-refractivity contribution in [3.8, 4) is 11.5 Å². The third-order valence-corrected chi connectivity index (χ3v) is 4.56. The van der Waals surface area contributed by atoms with E-state index in [1.165, 1.54) is 0 Å². The van der Waals surface area contributed by atoms with Crippen LogP contribution in [0.25, 0.3) is 0 Å². The SMILES string of the molecule is CCOc1cccc(CN2C[C@@H](Oc3ccccc3)C[C@@H]2C(=O)NC)c1. The highest BCUT2D eigenvalue weighted by Gasteiger charge is 2.37. The fourth-order valence-corrected chi connectivity index (χ4v) is 3.39. The summed E-state index contributed by atoms with van der Waals surface area (Å²) in [6.07, 6.45) is 0.675. The van der Waals surface area contributed by atoms with Gasteiger partial charge in [0.2, 0.25) is 5.91 Å². The number of rotatable bonds is 7. The maximum Gasteiger partial charge on any atom is 0.237 e. The number of nitrogens with zero attached hydrogens (tertiary/aromatic N) is 1. The molecule has 3 rings (SSSR count). The smallest absolute Gasteiger partial charge is 0.237 e. The number of benzene rings is 2. The van der Waals surface area contributed by atoms with E-state index in [1.54, 1.807) is 7.05 Å². The van der Waals surface area contributed by atoms with Crippen LogP contribution in [0.3, 0.4) is 0 Å². The minimum absolute atomic E-state index is 0.00484. The van der Waals surface area contributed by atoms with Crippen LogP contribution >= 0.6 is 0 Å². The monoisotopic (exact) mass is 354 g/mol. The van der Waals surface area contributed by atoms with Crippen molar-refractivity contribution >= 4 is 5.91 Å². The molecule has 26 heavy (non-hydrogen) atoms. The lowest BCUT2D eigenvalue weighted by molar-refractivity contribution is -0.125. The Morgan fingerprint density at radius 1 is 1.15 bits per heavy atom. The van der Waals surface area contributed by atoms with Crippen molar-refractivity contribution in [1.82, 2.24) is 10.2 Å². The zero-order valence-corrected chi connectivity index (χ0v) is 15.4. The quantitative estimate of drug-likeness (QED) is 0.831. The third-order valence-electron chi connectivity index (χ3n) is 4.56. The standard InChI is InChI=1S/C21H26N2O3/c1-3-25-18-11-7-8-16(12-18)14-23-15-19(13-20(23)21(24)22-2)26-17-9-5-4-6-10-17/h4-12,19-20H,3,13-15H2,1-2H3,(H,22,24)/t19-,20+/m0/s1. The highest BCUT2D eigenvalue weighted by Crippen LogP contribution is 2.26. The summed E-state index contributed by atoms with van der Waals surface area (Å²) in [6.45, 7) is 4.01. The molecule has 0 spiro atoms. The van der Waals surface area contributed by atoms with E-state index in [4.69, 9.17) is 9.47 Å². The fourth-order valence-electron chi connectivity index (χ4n) is 3.39. The van der Waals surface area contributed by atoms with Gasteiger partial charge in [0, 0.05) is 26.6 Å². The minimum Gasteiger partial charge on any atom is -0.494 e. The van der Waals surface area contributed by atoms with E-state index < -0.39 is 0 Å². The number of likely N-dealkylation sites (tertiary alicyclic amines) is 1. The van der Waals surface area contributed by atoms with Gasteiger partial charge in [-0.1, -0.05) is 30.3 Å². The van der Waals surface area contributed by atoms with Crippen molar-refractivity contribution in [1.29, 1.82) is 0 Å². The predicted octanol–water partition coefficient (Wildman–Crippen LogP) is 2.85. The molecule has 0 unspecified atom stereocenters. The molecular formula is C21H26N2O3. The van der Waals surface area contributed by atoms with Gasteiger partial charge in [-0.25, -0.2) is 0 Å². The van der Waals surface area contributed by atoms with Crippen LogP contribution in [0.5, 0.6) is 11.5 Å². The Balaban J connectivity index is 1.71. The zero-order valence-electron chi connectivity index (χ0n) is 15.4. The predicted molar refractivity (Wildman–Crippen MR) is 101 cm³/mol. The summed E-state index contributed by atoms with van der Waals surface area (Å²) in [4.78, 5) is 14.5. The lowest BCUT2D eigenvalue weighted by Gasteiger charge is -2.22. The van der Waals surface area contributed by atoms with E-state index in [9.17, 15) is 4.79 Å². The van der Waals surface area contributed by atoms with Crippen LogP contribution in [0.4, 0.5) is 0 Å². The molecule has 1 N–H and O–H groups in total. The molecular weight excluding hydrogens is 328 g/mol. The van der Waals surface area contributed by atoms with Crippen LogP contribution < -0.4 is 14.8 Å². The van der Waals surface area contributed by atoms with Crippen LogP contribution in [0.1, 0.15) is 18.9 Å². The summed E-state index contributed by atoms with van der Waals surface area (Å²) in [6, 6.07) is 17.6. The molecule has 0 radical (unpaired) electrons. The number of nitrogens with one attached hydrogen (secondary N) is 1. The van der Waals surface area contributed by atoms with Gasteiger partial charge in [-0.2, -0.15) is 0 Å². The summed E-state index contributed by atoms with van der Waals surface area (Å²) >= 11 is 0. The van der Waals surface area contributed by atoms with Gasteiger partial charge < -0.3 is 14.8 Å². The van der Waals surface area contributed by atoms with Gasteiger partial charge in [0.1, 0.15) is 17.6 Å². The molecule has 5 nitrogen and oxygen atoms in total. The van der Waals surface area contributed by atoms with E-state index in [1.807, 2.05) is 55.5 Å². The summed E-state index contributed by atoms with van der Waals surface area (Å²) in [7, 11) is 1.68.